The molecule has 0 aliphatic heterocycles. The van der Waals surface area contributed by atoms with Gasteiger partial charge in [0.25, 0.3) is 5.91 Å². The van der Waals surface area contributed by atoms with Crippen LogP contribution in [0.1, 0.15) is 17.3 Å². The zero-order valence-electron chi connectivity index (χ0n) is 13.4. The summed E-state index contributed by atoms with van der Waals surface area (Å²) in [6.07, 6.45) is 0. The van der Waals surface area contributed by atoms with Crippen molar-refractivity contribution < 1.29 is 19.2 Å². The molecule has 5 N–H and O–H groups in total. The number of benzene rings is 2. The normalized spacial score (nSPS) is 9.96. The van der Waals surface area contributed by atoms with Gasteiger partial charge in [0.15, 0.2) is 0 Å². The minimum absolute atomic E-state index is 0.0468. The summed E-state index contributed by atoms with van der Waals surface area (Å²) in [6, 6.07) is 11.8. The van der Waals surface area contributed by atoms with Crippen LogP contribution in [0.4, 0.5) is 17.1 Å². The van der Waals surface area contributed by atoms with E-state index in [0.29, 0.717) is 10.6 Å². The van der Waals surface area contributed by atoms with Gasteiger partial charge in [-0.2, -0.15) is 0 Å². The zero-order valence-corrected chi connectivity index (χ0v) is 13.4. The highest BCUT2D eigenvalue weighted by molar-refractivity contribution is 6.48. The third-order valence-electron chi connectivity index (χ3n) is 3.30. The fourth-order valence-electron chi connectivity index (χ4n) is 2.15. The van der Waals surface area contributed by atoms with Crippen LogP contribution in [0.25, 0.3) is 0 Å². The number of carbonyl (C=O) groups is 4. The second-order valence-electron chi connectivity index (χ2n) is 5.12. The van der Waals surface area contributed by atoms with Crippen molar-refractivity contribution in [3.8, 4) is 0 Å². The summed E-state index contributed by atoms with van der Waals surface area (Å²) in [6.45, 7) is 1.15. The molecule has 0 saturated heterocycles. The number of anilines is 3. The number of primary amides is 1. The molecule has 128 valence electrons. The van der Waals surface area contributed by atoms with Crippen molar-refractivity contribution in [2.24, 2.45) is 5.73 Å². The first-order valence-electron chi connectivity index (χ1n) is 7.21. The first-order chi connectivity index (χ1) is 11.8. The summed E-state index contributed by atoms with van der Waals surface area (Å²) < 4.78 is 0. The minimum Gasteiger partial charge on any atom is -0.399 e. The Morgan fingerprint density at radius 3 is 2.12 bits per heavy atom. The predicted octanol–water partition coefficient (Wildman–Crippen LogP) is 0.886. The fraction of sp³-hybridized carbons (Fsp3) is 0.0588. The number of nitrogen functional groups attached to an aromatic ring is 1. The van der Waals surface area contributed by atoms with Crippen LogP contribution in [0.5, 0.6) is 0 Å². The van der Waals surface area contributed by atoms with Crippen LogP contribution in [0.2, 0.25) is 0 Å². The zero-order chi connectivity index (χ0) is 18.6. The van der Waals surface area contributed by atoms with Crippen molar-refractivity contribution in [1.82, 2.24) is 0 Å². The maximum atomic E-state index is 12.4. The summed E-state index contributed by atoms with van der Waals surface area (Å²) in [5, 5.41) is 2.30. The molecule has 8 nitrogen and oxygen atoms in total. The minimum atomic E-state index is -1.10. The monoisotopic (exact) mass is 340 g/mol. The summed E-state index contributed by atoms with van der Waals surface area (Å²) >= 11 is 0. The van der Waals surface area contributed by atoms with Crippen LogP contribution in [0.3, 0.4) is 0 Å². The van der Waals surface area contributed by atoms with Gasteiger partial charge in [0.05, 0.1) is 16.9 Å². The van der Waals surface area contributed by atoms with Gasteiger partial charge in [-0.1, -0.05) is 12.1 Å². The average Bonchev–Trinajstić information content (AvgIpc) is 2.56. The largest absolute Gasteiger partial charge is 0.399 e. The maximum Gasteiger partial charge on any atom is 0.323 e. The molecule has 2 rings (SSSR count). The Kier molecular flexibility index (Phi) is 5.13. The molecule has 25 heavy (non-hydrogen) atoms. The Morgan fingerprint density at radius 2 is 1.56 bits per heavy atom. The third kappa shape index (κ3) is 3.99. The molecule has 0 atom stereocenters. The van der Waals surface area contributed by atoms with E-state index >= 15 is 0 Å². The lowest BCUT2D eigenvalue weighted by molar-refractivity contribution is -0.136. The van der Waals surface area contributed by atoms with E-state index in [2.05, 4.69) is 5.32 Å². The van der Waals surface area contributed by atoms with Crippen LogP contribution in [0.15, 0.2) is 48.5 Å². The van der Waals surface area contributed by atoms with Crippen molar-refractivity contribution in [2.75, 3.05) is 16.0 Å². The van der Waals surface area contributed by atoms with Crippen molar-refractivity contribution in [1.29, 1.82) is 0 Å². The highest BCUT2D eigenvalue weighted by atomic mass is 16.2. The second-order valence-corrected chi connectivity index (χ2v) is 5.12. The molecule has 0 saturated carbocycles. The Labute approximate surface area is 143 Å². The molecule has 2 aromatic rings. The van der Waals surface area contributed by atoms with Crippen molar-refractivity contribution in [2.45, 2.75) is 6.92 Å². The quantitative estimate of drug-likeness (QED) is 0.563. The number of nitrogens with zero attached hydrogens (tertiary/aromatic N) is 1. The Morgan fingerprint density at radius 1 is 0.960 bits per heavy atom. The average molecular weight is 340 g/mol. The third-order valence-corrected chi connectivity index (χ3v) is 3.30. The molecular weight excluding hydrogens is 324 g/mol. The smallest absolute Gasteiger partial charge is 0.323 e. The van der Waals surface area contributed by atoms with Gasteiger partial charge in [-0.25, -0.2) is 4.90 Å². The number of carbonyl (C=O) groups excluding carboxylic acids is 4. The van der Waals surface area contributed by atoms with Gasteiger partial charge >= 0.3 is 11.8 Å². The molecular formula is C17H16N4O4. The van der Waals surface area contributed by atoms with Gasteiger partial charge in [-0.15, -0.1) is 0 Å². The highest BCUT2D eigenvalue weighted by Crippen LogP contribution is 2.18. The lowest BCUT2D eigenvalue weighted by Crippen LogP contribution is -2.43. The summed E-state index contributed by atoms with van der Waals surface area (Å²) in [5.41, 5.74) is 11.6. The lowest BCUT2D eigenvalue weighted by atomic mass is 10.1. The fourth-order valence-corrected chi connectivity index (χ4v) is 2.15. The molecule has 2 aromatic carbocycles. The lowest BCUT2D eigenvalue weighted by Gasteiger charge is -2.19. The Balaban J connectivity index is 2.28. The molecule has 0 spiro atoms. The van der Waals surface area contributed by atoms with Gasteiger partial charge in [0, 0.05) is 12.6 Å². The van der Waals surface area contributed by atoms with Crippen molar-refractivity contribution >= 4 is 40.7 Å². The summed E-state index contributed by atoms with van der Waals surface area (Å²) in [5.74, 6) is -3.59. The number of amides is 4. The standard InChI is InChI=1S/C17H16N4O4/c1-10(22)21(12-8-6-11(18)7-9-12)17(25)16(24)20-14-5-3-2-4-13(14)15(19)23/h2-9H,18H2,1H3,(H2,19,23)(H,20,24). The van der Waals surface area contributed by atoms with Gasteiger partial charge in [-0.05, 0) is 36.4 Å². The highest BCUT2D eigenvalue weighted by Gasteiger charge is 2.27. The van der Waals surface area contributed by atoms with Crippen LogP contribution < -0.4 is 21.7 Å². The number of imide groups is 1. The Bertz CT molecular complexity index is 846. The molecule has 0 aliphatic rings. The first kappa shape index (κ1) is 17.7. The molecule has 4 amide bonds. The van der Waals surface area contributed by atoms with E-state index in [4.69, 9.17) is 11.5 Å². The SMILES string of the molecule is CC(=O)N(C(=O)C(=O)Nc1ccccc1C(N)=O)c1ccc(N)cc1. The first-order valence-corrected chi connectivity index (χ1v) is 7.21. The molecule has 0 radical (unpaired) electrons. The molecule has 0 heterocycles. The van der Waals surface area contributed by atoms with Crippen LogP contribution in [-0.2, 0) is 14.4 Å². The molecule has 0 aromatic heterocycles. The number of para-hydroxylation sites is 1. The van der Waals surface area contributed by atoms with Crippen molar-refractivity contribution in [3.05, 3.63) is 54.1 Å². The molecule has 8 heteroatoms. The van der Waals surface area contributed by atoms with Gasteiger partial charge < -0.3 is 16.8 Å². The van der Waals surface area contributed by atoms with Gasteiger partial charge in [-0.3, -0.25) is 19.2 Å². The van der Waals surface area contributed by atoms with E-state index in [-0.39, 0.29) is 16.9 Å². The van der Waals surface area contributed by atoms with E-state index in [0.717, 1.165) is 6.92 Å². The number of nitrogens with two attached hydrogens (primary N) is 2. The number of hydrogen-bond donors (Lipinski definition) is 3. The van der Waals surface area contributed by atoms with E-state index in [1.54, 1.807) is 12.1 Å². The summed E-state index contributed by atoms with van der Waals surface area (Å²) in [4.78, 5) is 48.6. The van der Waals surface area contributed by atoms with Crippen LogP contribution in [0, 0.1) is 0 Å². The van der Waals surface area contributed by atoms with Gasteiger partial charge in [0.2, 0.25) is 5.91 Å². The molecule has 0 aliphatic carbocycles. The van der Waals surface area contributed by atoms with E-state index < -0.39 is 23.6 Å². The maximum absolute atomic E-state index is 12.4. The van der Waals surface area contributed by atoms with Crippen LogP contribution >= 0.6 is 0 Å². The van der Waals surface area contributed by atoms with Crippen molar-refractivity contribution in [3.63, 3.8) is 0 Å². The van der Waals surface area contributed by atoms with E-state index in [1.165, 1.54) is 36.4 Å². The number of hydrogen-bond acceptors (Lipinski definition) is 5. The van der Waals surface area contributed by atoms with E-state index in [9.17, 15) is 19.2 Å². The second kappa shape index (κ2) is 7.26. The predicted molar refractivity (Wildman–Crippen MR) is 92.6 cm³/mol. The topological polar surface area (TPSA) is 136 Å². The molecule has 0 unspecified atom stereocenters. The van der Waals surface area contributed by atoms with Gasteiger partial charge in [0.1, 0.15) is 0 Å². The number of rotatable bonds is 3. The van der Waals surface area contributed by atoms with E-state index in [1.807, 2.05) is 0 Å². The summed E-state index contributed by atoms with van der Waals surface area (Å²) in [7, 11) is 0. The Hall–Kier alpha value is -3.68. The van der Waals surface area contributed by atoms with Crippen LogP contribution in [-0.4, -0.2) is 23.6 Å². The molecule has 0 bridgehead atoms. The number of nitrogens with one attached hydrogen (secondary N) is 1. The molecule has 0 fully saturated rings.